The third-order valence-electron chi connectivity index (χ3n) is 2.31. The second kappa shape index (κ2) is 3.90. The smallest absolute Gasteiger partial charge is 0.114 e. The van der Waals surface area contributed by atoms with Gasteiger partial charge in [-0.05, 0) is 33.6 Å². The van der Waals surface area contributed by atoms with Crippen LogP contribution < -0.4 is 0 Å². The summed E-state index contributed by atoms with van der Waals surface area (Å²) in [4.78, 5) is 4.98. The molecule has 0 radical (unpaired) electrons. The zero-order valence-electron chi connectivity index (χ0n) is 8.09. The van der Waals surface area contributed by atoms with E-state index in [0.717, 1.165) is 25.2 Å². The molecule has 1 aliphatic rings. The monoisotopic (exact) mass is 171 g/mol. The van der Waals surface area contributed by atoms with Gasteiger partial charge in [-0.15, -0.1) is 0 Å². The topological polar surface area (TPSA) is 30.8 Å². The Morgan fingerprint density at radius 3 is 2.92 bits per heavy atom. The van der Waals surface area contributed by atoms with Crippen molar-refractivity contribution in [3.63, 3.8) is 0 Å². The van der Waals surface area contributed by atoms with Gasteiger partial charge in [-0.25, -0.2) is 0 Å². The maximum Gasteiger partial charge on any atom is 0.114 e. The van der Waals surface area contributed by atoms with Gasteiger partial charge in [-0.2, -0.15) is 0 Å². The van der Waals surface area contributed by atoms with E-state index in [1.807, 2.05) is 13.8 Å². The molecular formula is C9H17NO2. The molecule has 3 heteroatoms. The molecule has 0 saturated carbocycles. The van der Waals surface area contributed by atoms with Crippen LogP contribution in [0.4, 0.5) is 0 Å². The molecule has 0 aromatic carbocycles. The Hall–Kier alpha value is -0.570. The van der Waals surface area contributed by atoms with Gasteiger partial charge in [0, 0.05) is 6.61 Å². The van der Waals surface area contributed by atoms with Gasteiger partial charge in [-0.3, -0.25) is 0 Å². The molecule has 1 fully saturated rings. The lowest BCUT2D eigenvalue weighted by Gasteiger charge is -2.21. The first kappa shape index (κ1) is 9.52. The molecule has 0 N–H and O–H groups in total. The summed E-state index contributed by atoms with van der Waals surface area (Å²) in [5, 5.41) is 3.99. The molecule has 1 atom stereocenters. The molecule has 0 aliphatic carbocycles. The highest BCUT2D eigenvalue weighted by molar-refractivity contribution is 5.89. The van der Waals surface area contributed by atoms with E-state index in [1.165, 1.54) is 0 Å². The molecule has 0 aromatic rings. The number of hydrogen-bond acceptors (Lipinski definition) is 3. The Morgan fingerprint density at radius 1 is 1.67 bits per heavy atom. The highest BCUT2D eigenvalue weighted by Crippen LogP contribution is 2.26. The second-order valence-corrected chi connectivity index (χ2v) is 3.28. The maximum absolute atomic E-state index is 5.59. The molecule has 0 aromatic heterocycles. The number of nitrogens with zero attached hydrogens (tertiary/aromatic N) is 1. The third kappa shape index (κ3) is 1.97. The van der Waals surface area contributed by atoms with Crippen LogP contribution in [-0.4, -0.2) is 24.5 Å². The first-order chi connectivity index (χ1) is 5.69. The molecule has 1 unspecified atom stereocenters. The van der Waals surface area contributed by atoms with Gasteiger partial charge >= 0.3 is 0 Å². The van der Waals surface area contributed by atoms with E-state index in [9.17, 15) is 0 Å². The van der Waals surface area contributed by atoms with Crippen molar-refractivity contribution >= 4 is 5.71 Å². The Bertz CT molecular complexity index is 171. The van der Waals surface area contributed by atoms with E-state index in [-0.39, 0.29) is 5.60 Å². The molecular weight excluding hydrogens is 154 g/mol. The SMILES string of the molecule is CCO/N=C(\C)C1(C)CCCO1. The van der Waals surface area contributed by atoms with Crippen LogP contribution in [0.15, 0.2) is 5.16 Å². The minimum absolute atomic E-state index is 0.171. The quantitative estimate of drug-likeness (QED) is 0.480. The molecule has 1 saturated heterocycles. The highest BCUT2D eigenvalue weighted by atomic mass is 16.6. The third-order valence-corrected chi connectivity index (χ3v) is 2.31. The lowest BCUT2D eigenvalue weighted by atomic mass is 9.98. The van der Waals surface area contributed by atoms with Crippen LogP contribution >= 0.6 is 0 Å². The van der Waals surface area contributed by atoms with Gasteiger partial charge in [0.25, 0.3) is 0 Å². The molecule has 0 spiro atoms. The van der Waals surface area contributed by atoms with E-state index in [4.69, 9.17) is 9.57 Å². The van der Waals surface area contributed by atoms with E-state index < -0.39 is 0 Å². The summed E-state index contributed by atoms with van der Waals surface area (Å²) in [6.45, 7) is 7.41. The van der Waals surface area contributed by atoms with Crippen LogP contribution in [0.2, 0.25) is 0 Å². The summed E-state index contributed by atoms with van der Waals surface area (Å²) in [5.74, 6) is 0. The molecule has 0 amide bonds. The normalized spacial score (nSPS) is 30.8. The molecule has 0 bridgehead atoms. The lowest BCUT2D eigenvalue weighted by molar-refractivity contribution is 0.0695. The van der Waals surface area contributed by atoms with Crippen molar-refractivity contribution in [3.8, 4) is 0 Å². The van der Waals surface area contributed by atoms with Crippen LogP contribution in [0, 0.1) is 0 Å². The summed E-state index contributed by atoms with van der Waals surface area (Å²) in [5.41, 5.74) is 0.775. The molecule has 12 heavy (non-hydrogen) atoms. The molecule has 1 rings (SSSR count). The first-order valence-electron chi connectivity index (χ1n) is 4.50. The fourth-order valence-corrected chi connectivity index (χ4v) is 1.32. The largest absolute Gasteiger partial charge is 0.396 e. The van der Waals surface area contributed by atoms with Gasteiger partial charge in [0.1, 0.15) is 12.2 Å². The van der Waals surface area contributed by atoms with Gasteiger partial charge in [-0.1, -0.05) is 5.16 Å². The van der Waals surface area contributed by atoms with E-state index in [0.29, 0.717) is 6.61 Å². The average molecular weight is 171 g/mol. The first-order valence-corrected chi connectivity index (χ1v) is 4.50. The van der Waals surface area contributed by atoms with Crippen LogP contribution in [0.5, 0.6) is 0 Å². The fraction of sp³-hybridized carbons (Fsp3) is 0.889. The van der Waals surface area contributed by atoms with Crippen LogP contribution in [0.25, 0.3) is 0 Å². The zero-order chi connectivity index (χ0) is 9.03. The van der Waals surface area contributed by atoms with Crippen LogP contribution in [-0.2, 0) is 9.57 Å². The Labute approximate surface area is 73.7 Å². The van der Waals surface area contributed by atoms with Crippen LogP contribution in [0.1, 0.15) is 33.6 Å². The van der Waals surface area contributed by atoms with Gasteiger partial charge in [0.05, 0.1) is 5.71 Å². The number of ether oxygens (including phenoxy) is 1. The molecule has 1 aliphatic heterocycles. The van der Waals surface area contributed by atoms with Gasteiger partial charge < -0.3 is 9.57 Å². The van der Waals surface area contributed by atoms with Gasteiger partial charge in [0.15, 0.2) is 0 Å². The second-order valence-electron chi connectivity index (χ2n) is 3.28. The van der Waals surface area contributed by atoms with E-state index >= 15 is 0 Å². The van der Waals surface area contributed by atoms with Crippen molar-refractivity contribution in [2.24, 2.45) is 5.16 Å². The predicted octanol–water partition coefficient (Wildman–Crippen LogP) is 1.97. The minimum atomic E-state index is -0.171. The van der Waals surface area contributed by atoms with Crippen molar-refractivity contribution in [3.05, 3.63) is 0 Å². The highest BCUT2D eigenvalue weighted by Gasteiger charge is 2.33. The lowest BCUT2D eigenvalue weighted by Crippen LogP contribution is -2.32. The minimum Gasteiger partial charge on any atom is -0.396 e. The Kier molecular flexibility index (Phi) is 3.09. The van der Waals surface area contributed by atoms with Crippen molar-refractivity contribution in [1.29, 1.82) is 0 Å². The standard InChI is InChI=1S/C9H17NO2/c1-4-12-10-8(2)9(3)6-5-7-11-9/h4-7H2,1-3H3/b10-8+. The average Bonchev–Trinajstić information content (AvgIpc) is 2.49. The van der Waals surface area contributed by atoms with Crippen molar-refractivity contribution in [2.75, 3.05) is 13.2 Å². The van der Waals surface area contributed by atoms with E-state index in [1.54, 1.807) is 0 Å². The van der Waals surface area contributed by atoms with E-state index in [2.05, 4.69) is 12.1 Å². The number of hydrogen-bond donors (Lipinski definition) is 0. The van der Waals surface area contributed by atoms with Crippen molar-refractivity contribution in [1.82, 2.24) is 0 Å². The summed E-state index contributed by atoms with van der Waals surface area (Å²) < 4.78 is 5.59. The maximum atomic E-state index is 5.59. The molecule has 1 heterocycles. The summed E-state index contributed by atoms with van der Waals surface area (Å²) in [7, 11) is 0. The van der Waals surface area contributed by atoms with Gasteiger partial charge in [0.2, 0.25) is 0 Å². The Balaban J connectivity index is 2.54. The Morgan fingerprint density at radius 2 is 2.42 bits per heavy atom. The number of oxime groups is 1. The van der Waals surface area contributed by atoms with Crippen molar-refractivity contribution < 1.29 is 9.57 Å². The van der Waals surface area contributed by atoms with Crippen LogP contribution in [0.3, 0.4) is 0 Å². The fourth-order valence-electron chi connectivity index (χ4n) is 1.32. The summed E-state index contributed by atoms with van der Waals surface area (Å²) in [6.07, 6.45) is 2.17. The van der Waals surface area contributed by atoms with Crippen molar-refractivity contribution in [2.45, 2.75) is 39.2 Å². The predicted molar refractivity (Wildman–Crippen MR) is 48.3 cm³/mol. The number of rotatable bonds is 3. The molecule has 3 nitrogen and oxygen atoms in total. The molecule has 70 valence electrons. The summed E-state index contributed by atoms with van der Waals surface area (Å²) in [6, 6.07) is 0. The zero-order valence-corrected chi connectivity index (χ0v) is 8.09. The summed E-state index contributed by atoms with van der Waals surface area (Å²) >= 11 is 0.